The zero-order valence-corrected chi connectivity index (χ0v) is 8.64. The largest absolute Gasteiger partial charge is 0.394 e. The molecule has 0 spiro atoms. The van der Waals surface area contributed by atoms with Crippen molar-refractivity contribution in [2.24, 2.45) is 5.73 Å². The van der Waals surface area contributed by atoms with Crippen LogP contribution in [0.4, 0.5) is 0 Å². The first-order valence-corrected chi connectivity index (χ1v) is 4.64. The predicted molar refractivity (Wildman–Crippen MR) is 53.2 cm³/mol. The van der Waals surface area contributed by atoms with E-state index in [1.165, 1.54) is 0 Å². The lowest BCUT2D eigenvalue weighted by Gasteiger charge is -2.10. The Morgan fingerprint density at radius 2 is 2.25 bits per heavy atom. The Bertz CT molecular complexity index is 280. The van der Waals surface area contributed by atoms with Crippen molar-refractivity contribution in [3.8, 4) is 0 Å². The molecule has 0 radical (unpaired) electrons. The summed E-state index contributed by atoms with van der Waals surface area (Å²) in [6.45, 7) is -0.101. The van der Waals surface area contributed by atoms with Crippen LogP contribution in [-0.2, 0) is 0 Å². The molecule has 0 heterocycles. The van der Waals surface area contributed by atoms with Gasteiger partial charge < -0.3 is 10.8 Å². The van der Waals surface area contributed by atoms with Gasteiger partial charge in [-0.1, -0.05) is 23.7 Å². The molecule has 0 amide bonds. The zero-order valence-electron chi connectivity index (χ0n) is 6.30. The summed E-state index contributed by atoms with van der Waals surface area (Å²) in [5, 5.41) is 9.37. The molecule has 1 rings (SSSR count). The lowest BCUT2D eigenvalue weighted by Crippen LogP contribution is -2.14. The highest BCUT2D eigenvalue weighted by Crippen LogP contribution is 2.28. The minimum absolute atomic E-state index is 0.101. The molecule has 0 aromatic heterocycles. The van der Waals surface area contributed by atoms with Crippen LogP contribution in [0.5, 0.6) is 0 Å². The Morgan fingerprint density at radius 1 is 1.58 bits per heavy atom. The van der Waals surface area contributed by atoms with Crippen LogP contribution in [0.2, 0.25) is 5.02 Å². The Morgan fingerprint density at radius 3 is 2.83 bits per heavy atom. The van der Waals surface area contributed by atoms with Gasteiger partial charge >= 0.3 is 0 Å². The summed E-state index contributed by atoms with van der Waals surface area (Å²) in [6.07, 6.45) is 0. The maximum atomic E-state index is 8.80. The molecule has 1 aromatic carbocycles. The van der Waals surface area contributed by atoms with Crippen LogP contribution in [0.25, 0.3) is 0 Å². The molecule has 0 aliphatic rings. The number of hydrogen-bond acceptors (Lipinski definition) is 2. The number of aliphatic hydroxyl groups excluding tert-OH is 1. The molecule has 0 aliphatic heterocycles. The number of rotatable bonds is 2. The maximum Gasteiger partial charge on any atom is 0.0624 e. The van der Waals surface area contributed by atoms with Crippen LogP contribution in [0.1, 0.15) is 11.6 Å². The van der Waals surface area contributed by atoms with Gasteiger partial charge in [0.05, 0.1) is 17.7 Å². The topological polar surface area (TPSA) is 46.2 Å². The van der Waals surface area contributed by atoms with Gasteiger partial charge in [0.1, 0.15) is 0 Å². The van der Waals surface area contributed by atoms with Gasteiger partial charge in [-0.3, -0.25) is 0 Å². The third-order valence-corrected chi connectivity index (χ3v) is 2.89. The van der Waals surface area contributed by atoms with Crippen molar-refractivity contribution < 1.29 is 5.11 Å². The third kappa shape index (κ3) is 1.98. The molecule has 4 heteroatoms. The normalized spacial score (nSPS) is 13.0. The van der Waals surface area contributed by atoms with Gasteiger partial charge in [0.15, 0.2) is 0 Å². The molecule has 1 atom stereocenters. The first-order chi connectivity index (χ1) is 5.66. The van der Waals surface area contributed by atoms with Gasteiger partial charge in [-0.05, 0) is 27.6 Å². The van der Waals surface area contributed by atoms with Crippen LogP contribution >= 0.6 is 27.5 Å². The molecule has 2 nitrogen and oxygen atoms in total. The molecule has 3 N–H and O–H groups in total. The van der Waals surface area contributed by atoms with E-state index >= 15 is 0 Å². The number of aliphatic hydroxyl groups is 1. The first-order valence-electron chi connectivity index (χ1n) is 3.47. The molecule has 0 saturated heterocycles. The van der Waals surface area contributed by atoms with E-state index in [9.17, 15) is 0 Å². The summed E-state index contributed by atoms with van der Waals surface area (Å²) in [6, 6.07) is 5.06. The molecule has 66 valence electrons. The fraction of sp³-hybridized carbons (Fsp3) is 0.250. The van der Waals surface area contributed by atoms with Crippen molar-refractivity contribution in [1.29, 1.82) is 0 Å². The third-order valence-electron chi connectivity index (χ3n) is 1.58. The second kappa shape index (κ2) is 4.23. The van der Waals surface area contributed by atoms with E-state index < -0.39 is 6.04 Å². The molecule has 0 saturated carbocycles. The minimum atomic E-state index is -0.407. The van der Waals surface area contributed by atoms with Gasteiger partial charge in [0.2, 0.25) is 0 Å². The second-order valence-electron chi connectivity index (χ2n) is 2.43. The van der Waals surface area contributed by atoms with E-state index in [0.29, 0.717) is 5.02 Å². The van der Waals surface area contributed by atoms with Crippen LogP contribution in [-0.4, -0.2) is 11.7 Å². The monoisotopic (exact) mass is 249 g/mol. The summed E-state index contributed by atoms with van der Waals surface area (Å²) in [4.78, 5) is 0. The van der Waals surface area contributed by atoms with Gasteiger partial charge in [-0.15, -0.1) is 0 Å². The molecular weight excluding hydrogens is 241 g/mol. The summed E-state index contributed by atoms with van der Waals surface area (Å²) < 4.78 is 0.797. The van der Waals surface area contributed by atoms with E-state index in [2.05, 4.69) is 15.9 Å². The van der Waals surface area contributed by atoms with Crippen molar-refractivity contribution in [1.82, 2.24) is 0 Å². The van der Waals surface area contributed by atoms with Gasteiger partial charge in [0, 0.05) is 4.47 Å². The van der Waals surface area contributed by atoms with E-state index in [1.54, 1.807) is 6.07 Å². The fourth-order valence-corrected chi connectivity index (χ4v) is 1.55. The smallest absolute Gasteiger partial charge is 0.0624 e. The molecule has 0 unspecified atom stereocenters. The van der Waals surface area contributed by atoms with E-state index in [1.807, 2.05) is 12.1 Å². The molecule has 1 aromatic rings. The van der Waals surface area contributed by atoms with Gasteiger partial charge in [0.25, 0.3) is 0 Å². The minimum Gasteiger partial charge on any atom is -0.394 e. The highest BCUT2D eigenvalue weighted by Gasteiger charge is 2.10. The van der Waals surface area contributed by atoms with Crippen LogP contribution in [0, 0.1) is 0 Å². The molecule has 0 aliphatic carbocycles. The lowest BCUT2D eigenvalue weighted by atomic mass is 10.1. The number of benzene rings is 1. The first kappa shape index (κ1) is 9.99. The van der Waals surface area contributed by atoms with Crippen molar-refractivity contribution in [2.75, 3.05) is 6.61 Å². The number of halogens is 2. The quantitative estimate of drug-likeness (QED) is 0.844. The van der Waals surface area contributed by atoms with E-state index in [0.717, 1.165) is 10.0 Å². The number of hydrogen-bond donors (Lipinski definition) is 2. The second-order valence-corrected chi connectivity index (χ2v) is 3.66. The average Bonchev–Trinajstić information content (AvgIpc) is 2.08. The van der Waals surface area contributed by atoms with Gasteiger partial charge in [-0.25, -0.2) is 0 Å². The average molecular weight is 251 g/mol. The Labute approximate surface area is 84.5 Å². The Kier molecular flexibility index (Phi) is 3.53. The van der Waals surface area contributed by atoms with Crippen LogP contribution < -0.4 is 5.73 Å². The molecule has 12 heavy (non-hydrogen) atoms. The number of nitrogens with two attached hydrogens (primary N) is 1. The molecular formula is C8H9BrClNO. The fourth-order valence-electron chi connectivity index (χ4n) is 0.905. The van der Waals surface area contributed by atoms with E-state index in [-0.39, 0.29) is 6.61 Å². The van der Waals surface area contributed by atoms with Crippen molar-refractivity contribution >= 4 is 27.5 Å². The molecule has 0 fully saturated rings. The Hall–Kier alpha value is -0.0900. The lowest BCUT2D eigenvalue weighted by molar-refractivity contribution is 0.268. The summed E-state index contributed by atoms with van der Waals surface area (Å²) in [7, 11) is 0. The maximum absolute atomic E-state index is 8.80. The predicted octanol–water partition coefficient (Wildman–Crippen LogP) is 2.09. The van der Waals surface area contributed by atoms with Gasteiger partial charge in [-0.2, -0.15) is 0 Å². The van der Waals surface area contributed by atoms with Crippen molar-refractivity contribution in [3.05, 3.63) is 33.3 Å². The summed E-state index contributed by atoms with van der Waals surface area (Å²) in [5.41, 5.74) is 6.37. The SMILES string of the molecule is N[C@H](CO)c1cccc(Br)c1Cl. The summed E-state index contributed by atoms with van der Waals surface area (Å²) in [5.74, 6) is 0. The van der Waals surface area contributed by atoms with Crippen LogP contribution in [0.15, 0.2) is 22.7 Å². The standard InChI is InChI=1S/C8H9BrClNO/c9-6-3-1-2-5(8(6)10)7(11)4-12/h1-3,7,12H,4,11H2/t7-/m1/s1. The summed E-state index contributed by atoms with van der Waals surface area (Å²) >= 11 is 9.20. The highest BCUT2D eigenvalue weighted by molar-refractivity contribution is 9.10. The van der Waals surface area contributed by atoms with Crippen molar-refractivity contribution in [3.63, 3.8) is 0 Å². The Balaban J connectivity index is 3.07. The zero-order chi connectivity index (χ0) is 9.14. The van der Waals surface area contributed by atoms with Crippen molar-refractivity contribution in [2.45, 2.75) is 6.04 Å². The van der Waals surface area contributed by atoms with E-state index in [4.69, 9.17) is 22.4 Å². The molecule has 0 bridgehead atoms. The highest BCUT2D eigenvalue weighted by atomic mass is 79.9. The van der Waals surface area contributed by atoms with Crippen LogP contribution in [0.3, 0.4) is 0 Å².